The third kappa shape index (κ3) is 9.73. The molecule has 0 aliphatic rings. The highest BCUT2D eigenvalue weighted by molar-refractivity contribution is 5.97. The van der Waals surface area contributed by atoms with Gasteiger partial charge in [0.25, 0.3) is 0 Å². The molecule has 0 aliphatic carbocycles. The van der Waals surface area contributed by atoms with E-state index in [0.717, 1.165) is 28.8 Å². The molecule has 6 nitrogen and oxygen atoms in total. The van der Waals surface area contributed by atoms with Crippen LogP contribution in [0.4, 0.5) is 5.69 Å². The molecule has 2 aromatic rings. The number of anilines is 1. The van der Waals surface area contributed by atoms with Gasteiger partial charge in [0, 0.05) is 26.4 Å². The van der Waals surface area contributed by atoms with E-state index in [9.17, 15) is 10.1 Å². The van der Waals surface area contributed by atoms with Crippen molar-refractivity contribution in [1.82, 2.24) is 0 Å². The second-order valence-corrected chi connectivity index (χ2v) is 7.52. The standard InChI is InChI=1S/C27H32N2O4/c1-4-15-31-16-17-32-18-19-33-27(30)25(21-28)20-24-9-7-22(8-10-24)5-6-23-11-13-26(14-12-23)29(2)3/h5-14,20H,4,15-19H2,1-3H3/b6-5+,25-20+. The van der Waals surface area contributed by atoms with Gasteiger partial charge in [0.05, 0.1) is 19.8 Å². The van der Waals surface area contributed by atoms with E-state index in [4.69, 9.17) is 14.2 Å². The van der Waals surface area contributed by atoms with E-state index < -0.39 is 5.97 Å². The number of esters is 1. The minimum Gasteiger partial charge on any atom is -0.459 e. The molecule has 0 spiro atoms. The summed E-state index contributed by atoms with van der Waals surface area (Å²) in [6, 6.07) is 17.8. The van der Waals surface area contributed by atoms with Crippen LogP contribution in [0.5, 0.6) is 0 Å². The summed E-state index contributed by atoms with van der Waals surface area (Å²) in [5.41, 5.74) is 3.98. The lowest BCUT2D eigenvalue weighted by atomic mass is 10.1. The molecule has 2 rings (SSSR count). The summed E-state index contributed by atoms with van der Waals surface area (Å²) in [6.07, 6.45) is 6.55. The van der Waals surface area contributed by atoms with Crippen molar-refractivity contribution in [3.8, 4) is 6.07 Å². The zero-order valence-electron chi connectivity index (χ0n) is 19.6. The Kier molecular flexibility index (Phi) is 11.5. The van der Waals surface area contributed by atoms with Crippen LogP contribution in [-0.4, -0.2) is 53.1 Å². The van der Waals surface area contributed by atoms with Crippen molar-refractivity contribution in [3.05, 3.63) is 70.8 Å². The van der Waals surface area contributed by atoms with Gasteiger partial charge < -0.3 is 19.1 Å². The molecule has 2 aromatic carbocycles. The molecule has 33 heavy (non-hydrogen) atoms. The monoisotopic (exact) mass is 448 g/mol. The minimum atomic E-state index is -0.659. The lowest BCUT2D eigenvalue weighted by Crippen LogP contribution is -2.14. The molecule has 0 fully saturated rings. The van der Waals surface area contributed by atoms with Gasteiger partial charge in [-0.3, -0.25) is 0 Å². The SMILES string of the molecule is CCCOCCOCCOC(=O)/C(C#N)=C/c1ccc(/C=C/c2ccc(N(C)C)cc2)cc1. The molecule has 6 heteroatoms. The zero-order chi connectivity index (χ0) is 23.9. The number of ether oxygens (including phenoxy) is 3. The molecular weight excluding hydrogens is 416 g/mol. The first-order valence-electron chi connectivity index (χ1n) is 11.0. The van der Waals surface area contributed by atoms with E-state index >= 15 is 0 Å². The quantitative estimate of drug-likeness (QED) is 0.144. The van der Waals surface area contributed by atoms with Crippen LogP contribution in [-0.2, 0) is 19.0 Å². The van der Waals surface area contributed by atoms with Crippen LogP contribution in [0.3, 0.4) is 0 Å². The maximum absolute atomic E-state index is 12.1. The fourth-order valence-electron chi connectivity index (χ4n) is 2.82. The molecule has 0 amide bonds. The summed E-state index contributed by atoms with van der Waals surface area (Å²) in [5, 5.41) is 9.32. The largest absolute Gasteiger partial charge is 0.459 e. The van der Waals surface area contributed by atoms with Crippen molar-refractivity contribution in [2.24, 2.45) is 0 Å². The van der Waals surface area contributed by atoms with Crippen LogP contribution >= 0.6 is 0 Å². The Balaban J connectivity index is 1.84. The van der Waals surface area contributed by atoms with Gasteiger partial charge >= 0.3 is 5.97 Å². The van der Waals surface area contributed by atoms with Crippen LogP contribution in [0.2, 0.25) is 0 Å². The Bertz CT molecular complexity index is 955. The first-order chi connectivity index (χ1) is 16.0. The Morgan fingerprint density at radius 1 is 0.848 bits per heavy atom. The van der Waals surface area contributed by atoms with Crippen LogP contribution in [0, 0.1) is 11.3 Å². The average Bonchev–Trinajstić information content (AvgIpc) is 2.83. The highest BCUT2D eigenvalue weighted by Gasteiger charge is 2.10. The Labute approximate surface area is 196 Å². The number of carbonyl (C=O) groups is 1. The van der Waals surface area contributed by atoms with Gasteiger partial charge in [0.1, 0.15) is 18.2 Å². The lowest BCUT2D eigenvalue weighted by Gasteiger charge is -2.11. The smallest absolute Gasteiger partial charge is 0.348 e. The van der Waals surface area contributed by atoms with E-state index in [2.05, 4.69) is 29.2 Å². The first kappa shape index (κ1) is 25.9. The van der Waals surface area contributed by atoms with Crippen LogP contribution in [0.25, 0.3) is 18.2 Å². The average molecular weight is 449 g/mol. The number of carbonyl (C=O) groups excluding carboxylic acids is 1. The Morgan fingerprint density at radius 2 is 1.36 bits per heavy atom. The second kappa shape index (κ2) is 14.6. The number of hydrogen-bond donors (Lipinski definition) is 0. The number of nitriles is 1. The lowest BCUT2D eigenvalue weighted by molar-refractivity contribution is -0.140. The van der Waals surface area contributed by atoms with Crippen LogP contribution in [0.1, 0.15) is 30.0 Å². The fraction of sp³-hybridized carbons (Fsp3) is 0.333. The topological polar surface area (TPSA) is 71.8 Å². The first-order valence-corrected chi connectivity index (χ1v) is 11.0. The van der Waals surface area contributed by atoms with E-state index in [1.807, 2.05) is 63.5 Å². The Morgan fingerprint density at radius 3 is 1.91 bits per heavy atom. The molecule has 0 saturated carbocycles. The highest BCUT2D eigenvalue weighted by atomic mass is 16.6. The van der Waals surface area contributed by atoms with Gasteiger partial charge in [-0.25, -0.2) is 4.79 Å². The molecule has 0 N–H and O–H groups in total. The number of nitrogens with zero attached hydrogens (tertiary/aromatic N) is 2. The number of benzene rings is 2. The van der Waals surface area contributed by atoms with Gasteiger partial charge in [-0.05, 0) is 41.3 Å². The predicted molar refractivity (Wildman–Crippen MR) is 133 cm³/mol. The van der Waals surface area contributed by atoms with Crippen molar-refractivity contribution in [2.45, 2.75) is 13.3 Å². The summed E-state index contributed by atoms with van der Waals surface area (Å²) in [4.78, 5) is 14.2. The van der Waals surface area contributed by atoms with Crippen molar-refractivity contribution in [2.75, 3.05) is 52.0 Å². The van der Waals surface area contributed by atoms with Crippen molar-refractivity contribution < 1.29 is 19.0 Å². The van der Waals surface area contributed by atoms with Crippen molar-refractivity contribution in [1.29, 1.82) is 5.26 Å². The van der Waals surface area contributed by atoms with Crippen LogP contribution in [0.15, 0.2) is 54.1 Å². The van der Waals surface area contributed by atoms with Gasteiger partial charge in [-0.1, -0.05) is 55.5 Å². The van der Waals surface area contributed by atoms with Gasteiger partial charge in [-0.2, -0.15) is 5.26 Å². The van der Waals surface area contributed by atoms with E-state index in [-0.39, 0.29) is 18.8 Å². The molecule has 0 aliphatic heterocycles. The summed E-state index contributed by atoms with van der Waals surface area (Å²) in [6.45, 7) is 4.05. The Hall–Kier alpha value is -3.40. The van der Waals surface area contributed by atoms with Crippen molar-refractivity contribution in [3.63, 3.8) is 0 Å². The van der Waals surface area contributed by atoms with Gasteiger partial charge in [0.15, 0.2) is 0 Å². The molecule has 0 unspecified atom stereocenters. The molecule has 0 radical (unpaired) electrons. The number of hydrogen-bond acceptors (Lipinski definition) is 6. The normalized spacial score (nSPS) is 11.4. The van der Waals surface area contributed by atoms with E-state index in [1.54, 1.807) is 0 Å². The van der Waals surface area contributed by atoms with Gasteiger partial charge in [-0.15, -0.1) is 0 Å². The predicted octanol–water partition coefficient (Wildman–Crippen LogP) is 4.82. The third-order valence-corrected chi connectivity index (χ3v) is 4.65. The third-order valence-electron chi connectivity index (χ3n) is 4.65. The second-order valence-electron chi connectivity index (χ2n) is 7.52. The minimum absolute atomic E-state index is 0.0504. The molecule has 0 bridgehead atoms. The zero-order valence-corrected chi connectivity index (χ0v) is 19.6. The molecule has 0 saturated heterocycles. The van der Waals surface area contributed by atoms with Crippen LogP contribution < -0.4 is 4.90 Å². The highest BCUT2D eigenvalue weighted by Crippen LogP contribution is 2.16. The van der Waals surface area contributed by atoms with Crippen molar-refractivity contribution >= 4 is 29.9 Å². The maximum atomic E-state index is 12.1. The summed E-state index contributed by atoms with van der Waals surface area (Å²) in [7, 11) is 4.03. The fourth-order valence-corrected chi connectivity index (χ4v) is 2.82. The maximum Gasteiger partial charge on any atom is 0.348 e. The molecule has 0 atom stereocenters. The van der Waals surface area contributed by atoms with E-state index in [0.29, 0.717) is 19.8 Å². The van der Waals surface area contributed by atoms with Gasteiger partial charge in [0.2, 0.25) is 0 Å². The molecular formula is C27H32N2O4. The van der Waals surface area contributed by atoms with E-state index in [1.165, 1.54) is 6.08 Å². The summed E-state index contributed by atoms with van der Waals surface area (Å²) < 4.78 is 15.8. The summed E-state index contributed by atoms with van der Waals surface area (Å²) in [5.74, 6) is -0.659. The molecule has 0 heterocycles. The number of rotatable bonds is 13. The summed E-state index contributed by atoms with van der Waals surface area (Å²) >= 11 is 0. The molecule has 174 valence electrons. The molecule has 0 aromatic heterocycles.